The second-order valence-electron chi connectivity index (χ2n) is 5.73. The molecule has 0 bridgehead atoms. The second-order valence-corrected chi connectivity index (χ2v) is 6.95. The molecule has 0 saturated carbocycles. The van der Waals surface area contributed by atoms with Crippen LogP contribution in [0.1, 0.15) is 21.6 Å². The Morgan fingerprint density at radius 3 is 1.60 bits per heavy atom. The van der Waals surface area contributed by atoms with Gasteiger partial charge in [-0.25, -0.2) is 0 Å². The molecule has 2 N–H and O–H groups in total. The van der Waals surface area contributed by atoms with Crippen LogP contribution in [0.5, 0.6) is 0 Å². The summed E-state index contributed by atoms with van der Waals surface area (Å²) < 4.78 is 0. The Labute approximate surface area is 149 Å². The highest BCUT2D eigenvalue weighted by Crippen LogP contribution is 2.43. The zero-order chi connectivity index (χ0) is 17.2. The molecule has 2 atom stereocenters. The molecule has 2 aromatic carbocycles. The zero-order valence-corrected chi connectivity index (χ0v) is 14.0. The van der Waals surface area contributed by atoms with E-state index in [0.29, 0.717) is 0 Å². The molecule has 2 heterocycles. The fraction of sp³-hybridized carbons (Fsp3) is 0.100. The predicted molar refractivity (Wildman–Crippen MR) is 101 cm³/mol. The molecule has 2 unspecified atom stereocenters. The molecule has 2 aromatic heterocycles. The van der Waals surface area contributed by atoms with Gasteiger partial charge in [0, 0.05) is 45.3 Å². The Morgan fingerprint density at radius 1 is 0.720 bits per heavy atom. The number of benzene rings is 2. The van der Waals surface area contributed by atoms with Crippen molar-refractivity contribution in [2.75, 3.05) is 0 Å². The summed E-state index contributed by atoms with van der Waals surface area (Å²) in [4.78, 5) is 6.41. The Hall–Kier alpha value is -3.15. The van der Waals surface area contributed by atoms with E-state index in [1.165, 1.54) is 11.8 Å². The molecule has 0 saturated heterocycles. The molecule has 0 aliphatic carbocycles. The van der Waals surface area contributed by atoms with Crippen LogP contribution >= 0.6 is 11.8 Å². The number of nitrogens with one attached hydrogen (secondary N) is 2. The number of aromatic amines is 2. The third kappa shape index (κ3) is 2.65. The van der Waals surface area contributed by atoms with Gasteiger partial charge < -0.3 is 9.97 Å². The van der Waals surface area contributed by atoms with E-state index in [1.54, 1.807) is 0 Å². The summed E-state index contributed by atoms with van der Waals surface area (Å²) in [6, 6.07) is 20.5. The molecule has 0 aliphatic rings. The van der Waals surface area contributed by atoms with Crippen LogP contribution in [0.3, 0.4) is 0 Å². The number of H-pyrrole nitrogens is 2. The minimum Gasteiger partial charge on any atom is -0.361 e. The summed E-state index contributed by atoms with van der Waals surface area (Å²) >= 11 is 1.37. The van der Waals surface area contributed by atoms with Gasteiger partial charge in [0.2, 0.25) is 0 Å². The Kier molecular flexibility index (Phi) is 3.93. The maximum atomic E-state index is 9.71. The first-order chi connectivity index (χ1) is 12.3. The molecular formula is C20H14N4S. The van der Waals surface area contributed by atoms with Gasteiger partial charge in [-0.3, -0.25) is 0 Å². The van der Waals surface area contributed by atoms with Crippen LogP contribution in [-0.2, 0) is 0 Å². The molecule has 0 radical (unpaired) electrons. The van der Waals surface area contributed by atoms with Crippen molar-refractivity contribution in [2.24, 2.45) is 0 Å². The normalized spacial score (nSPS) is 13.4. The number of hydrogen-bond donors (Lipinski definition) is 2. The number of para-hydroxylation sites is 2. The molecule has 25 heavy (non-hydrogen) atoms. The van der Waals surface area contributed by atoms with Crippen molar-refractivity contribution in [2.45, 2.75) is 10.5 Å². The lowest BCUT2D eigenvalue weighted by Crippen LogP contribution is -1.96. The fourth-order valence-corrected chi connectivity index (χ4v) is 4.18. The van der Waals surface area contributed by atoms with E-state index in [2.05, 4.69) is 22.1 Å². The van der Waals surface area contributed by atoms with Gasteiger partial charge in [-0.15, -0.1) is 11.8 Å². The number of rotatable bonds is 4. The van der Waals surface area contributed by atoms with Crippen LogP contribution in [0.2, 0.25) is 0 Å². The van der Waals surface area contributed by atoms with Crippen molar-refractivity contribution in [3.8, 4) is 12.1 Å². The Balaban J connectivity index is 1.71. The fourth-order valence-electron chi connectivity index (χ4n) is 3.10. The second kappa shape index (κ2) is 6.39. The summed E-state index contributed by atoms with van der Waals surface area (Å²) in [5.74, 6) is 0. The van der Waals surface area contributed by atoms with Crippen molar-refractivity contribution >= 4 is 33.6 Å². The van der Waals surface area contributed by atoms with Crippen LogP contribution < -0.4 is 0 Å². The van der Waals surface area contributed by atoms with Gasteiger partial charge in [0.25, 0.3) is 0 Å². The lowest BCUT2D eigenvalue weighted by molar-refractivity contribution is 1.18. The largest absolute Gasteiger partial charge is 0.361 e. The third-order valence-electron chi connectivity index (χ3n) is 4.31. The molecule has 4 nitrogen and oxygen atoms in total. The van der Waals surface area contributed by atoms with Crippen LogP contribution in [0.25, 0.3) is 21.8 Å². The summed E-state index contributed by atoms with van der Waals surface area (Å²) in [7, 11) is 0. The smallest absolute Gasteiger partial charge is 0.120 e. The molecular weight excluding hydrogens is 328 g/mol. The number of fused-ring (bicyclic) bond motifs is 2. The maximum absolute atomic E-state index is 9.71. The monoisotopic (exact) mass is 342 g/mol. The molecule has 0 aliphatic heterocycles. The van der Waals surface area contributed by atoms with Crippen molar-refractivity contribution < 1.29 is 0 Å². The van der Waals surface area contributed by atoms with Gasteiger partial charge in [0.05, 0.1) is 12.1 Å². The SMILES string of the molecule is N#CC(SC(C#N)c1c[nH]c2ccccc12)c1c[nH]c2ccccc12. The predicted octanol–water partition coefficient (Wildman–Crippen LogP) is 5.21. The van der Waals surface area contributed by atoms with E-state index in [9.17, 15) is 10.5 Å². The van der Waals surface area contributed by atoms with Crippen molar-refractivity contribution in [3.63, 3.8) is 0 Å². The van der Waals surface area contributed by atoms with E-state index in [4.69, 9.17) is 0 Å². The van der Waals surface area contributed by atoms with Gasteiger partial charge in [0.1, 0.15) is 10.5 Å². The minimum absolute atomic E-state index is 0.422. The lowest BCUT2D eigenvalue weighted by Gasteiger charge is -2.13. The van der Waals surface area contributed by atoms with Gasteiger partial charge in [0.15, 0.2) is 0 Å². The average Bonchev–Trinajstić information content (AvgIpc) is 3.28. The van der Waals surface area contributed by atoms with Crippen LogP contribution in [0.4, 0.5) is 0 Å². The minimum atomic E-state index is -0.422. The van der Waals surface area contributed by atoms with Gasteiger partial charge in [-0.05, 0) is 12.1 Å². The van der Waals surface area contributed by atoms with E-state index in [0.717, 1.165) is 32.9 Å². The quantitative estimate of drug-likeness (QED) is 0.534. The average molecular weight is 342 g/mol. The molecule has 0 amide bonds. The Morgan fingerprint density at radius 2 is 1.16 bits per heavy atom. The van der Waals surface area contributed by atoms with Crippen molar-refractivity contribution in [1.82, 2.24) is 9.97 Å². The molecule has 0 fully saturated rings. The molecule has 5 heteroatoms. The molecule has 4 rings (SSSR count). The molecule has 0 spiro atoms. The van der Waals surface area contributed by atoms with Gasteiger partial charge in [-0.2, -0.15) is 10.5 Å². The van der Waals surface area contributed by atoms with Gasteiger partial charge in [-0.1, -0.05) is 36.4 Å². The third-order valence-corrected chi connectivity index (χ3v) is 5.58. The van der Waals surface area contributed by atoms with Crippen LogP contribution in [0.15, 0.2) is 60.9 Å². The van der Waals surface area contributed by atoms with Crippen LogP contribution in [-0.4, -0.2) is 9.97 Å². The number of hydrogen-bond acceptors (Lipinski definition) is 3. The first kappa shape index (κ1) is 15.4. The summed E-state index contributed by atoms with van der Waals surface area (Å²) in [5.41, 5.74) is 3.84. The van der Waals surface area contributed by atoms with Gasteiger partial charge >= 0.3 is 0 Å². The summed E-state index contributed by atoms with van der Waals surface area (Å²) in [6.07, 6.45) is 3.74. The van der Waals surface area contributed by atoms with Crippen molar-refractivity contribution in [3.05, 3.63) is 72.1 Å². The number of nitrogens with zero attached hydrogens (tertiary/aromatic N) is 2. The standard InChI is InChI=1S/C20H14N4S/c21-9-19(15-11-23-17-7-3-1-5-13(15)17)25-20(10-22)16-12-24-18-8-4-2-6-14(16)18/h1-8,11-12,19-20,23-24H. The van der Waals surface area contributed by atoms with E-state index >= 15 is 0 Å². The topological polar surface area (TPSA) is 79.2 Å². The summed E-state index contributed by atoms with van der Waals surface area (Å²) in [6.45, 7) is 0. The van der Waals surface area contributed by atoms with E-state index < -0.39 is 10.5 Å². The van der Waals surface area contributed by atoms with E-state index in [1.807, 2.05) is 60.9 Å². The van der Waals surface area contributed by atoms with Crippen LogP contribution in [0, 0.1) is 22.7 Å². The van der Waals surface area contributed by atoms with Crippen molar-refractivity contribution in [1.29, 1.82) is 10.5 Å². The maximum Gasteiger partial charge on any atom is 0.120 e. The lowest BCUT2D eigenvalue weighted by atomic mass is 10.1. The number of nitriles is 2. The number of aromatic nitrogens is 2. The Bertz CT molecular complexity index is 1040. The number of thioether (sulfide) groups is 1. The first-order valence-corrected chi connectivity index (χ1v) is 8.83. The highest BCUT2D eigenvalue weighted by atomic mass is 32.2. The molecule has 120 valence electrons. The van der Waals surface area contributed by atoms with E-state index in [-0.39, 0.29) is 0 Å². The zero-order valence-electron chi connectivity index (χ0n) is 13.2. The first-order valence-electron chi connectivity index (χ1n) is 7.88. The highest BCUT2D eigenvalue weighted by Gasteiger charge is 2.24. The highest BCUT2D eigenvalue weighted by molar-refractivity contribution is 8.00. The summed E-state index contributed by atoms with van der Waals surface area (Å²) in [5, 5.41) is 20.6. The molecule has 4 aromatic rings.